The lowest BCUT2D eigenvalue weighted by atomic mass is 9.89. The van der Waals surface area contributed by atoms with Crippen LogP contribution in [0.4, 0.5) is 0 Å². The van der Waals surface area contributed by atoms with Gasteiger partial charge in [-0.05, 0) is 43.2 Å². The van der Waals surface area contributed by atoms with Crippen LogP contribution in [0.3, 0.4) is 0 Å². The largest absolute Gasteiger partial charge is 0.480 e. The van der Waals surface area contributed by atoms with Crippen LogP contribution in [0.1, 0.15) is 79.7 Å². The minimum atomic E-state index is -1.15. The molecule has 1 unspecified atom stereocenters. The van der Waals surface area contributed by atoms with Crippen molar-refractivity contribution in [1.82, 2.24) is 25.3 Å². The molecule has 1 heterocycles. The van der Waals surface area contributed by atoms with Gasteiger partial charge in [-0.1, -0.05) is 85.2 Å². The second-order valence-electron chi connectivity index (χ2n) is 16.6. The fourth-order valence-electron chi connectivity index (χ4n) is 8.20. The van der Waals surface area contributed by atoms with Gasteiger partial charge in [0, 0.05) is 40.8 Å². The molecule has 9 atom stereocenters. The molecule has 0 bridgehead atoms. The number of hydrogen-bond acceptors (Lipinski definition) is 11. The summed E-state index contributed by atoms with van der Waals surface area (Å²) in [4.78, 5) is 78.0. The van der Waals surface area contributed by atoms with E-state index in [9.17, 15) is 29.1 Å². The number of nitrogens with one attached hydrogen (secondary N) is 2. The lowest BCUT2D eigenvalue weighted by Crippen LogP contribution is -2.60. The summed E-state index contributed by atoms with van der Waals surface area (Å²) in [7, 11) is 6.57. The number of carboxylic acids is 1. The van der Waals surface area contributed by atoms with Crippen molar-refractivity contribution in [3.05, 3.63) is 35.9 Å². The third kappa shape index (κ3) is 15.1. The third-order valence-electron chi connectivity index (χ3n) is 11.7. The van der Waals surface area contributed by atoms with E-state index in [4.69, 9.17) is 20.1 Å². The highest BCUT2D eigenvalue weighted by Crippen LogP contribution is 2.30. The van der Waals surface area contributed by atoms with Crippen molar-refractivity contribution >= 4 is 29.6 Å². The lowest BCUT2D eigenvalue weighted by molar-refractivity contribution is -0.148. The van der Waals surface area contributed by atoms with E-state index < -0.39 is 60.2 Å². The topological polar surface area (TPSA) is 202 Å². The van der Waals surface area contributed by atoms with Crippen LogP contribution in [0.15, 0.2) is 30.3 Å². The molecule has 1 aromatic carbocycles. The number of aliphatic carboxylic acids is 1. The van der Waals surface area contributed by atoms with Gasteiger partial charge < -0.3 is 44.6 Å². The van der Waals surface area contributed by atoms with E-state index >= 15 is 0 Å². The van der Waals surface area contributed by atoms with Crippen LogP contribution in [0.2, 0.25) is 0 Å². The second kappa shape index (κ2) is 25.8. The predicted molar refractivity (Wildman–Crippen MR) is 225 cm³/mol. The molecule has 0 radical (unpaired) electrons. The van der Waals surface area contributed by atoms with Crippen molar-refractivity contribution < 1.29 is 48.1 Å². The first-order valence-corrected chi connectivity index (χ1v) is 21.0. The number of amides is 4. The molecule has 2 rings (SSSR count). The quantitative estimate of drug-likeness (QED) is 0.0747. The molecule has 5 N–H and O–H groups in total. The van der Waals surface area contributed by atoms with Crippen molar-refractivity contribution in [3.8, 4) is 0 Å². The van der Waals surface area contributed by atoms with Crippen LogP contribution in [0, 0.1) is 23.7 Å². The molecule has 59 heavy (non-hydrogen) atoms. The normalized spacial score (nSPS) is 18.5. The Hall–Kier alpha value is -3.67. The Labute approximate surface area is 352 Å². The van der Waals surface area contributed by atoms with Gasteiger partial charge in [0.15, 0.2) is 0 Å². The average Bonchev–Trinajstić information content (AvgIpc) is 3.68. The summed E-state index contributed by atoms with van der Waals surface area (Å²) < 4.78 is 17.5. The lowest BCUT2D eigenvalue weighted by Gasteiger charge is -2.41. The van der Waals surface area contributed by atoms with Gasteiger partial charge >= 0.3 is 5.97 Å². The molecule has 0 aliphatic carbocycles. The van der Waals surface area contributed by atoms with E-state index in [-0.39, 0.29) is 54.9 Å². The van der Waals surface area contributed by atoms with Crippen molar-refractivity contribution in [2.75, 3.05) is 61.2 Å². The first kappa shape index (κ1) is 51.5. The summed E-state index contributed by atoms with van der Waals surface area (Å²) in [6, 6.07) is 5.62. The zero-order chi connectivity index (χ0) is 44.4. The molecule has 4 amide bonds. The molecular weight excluding hydrogens is 761 g/mol. The summed E-state index contributed by atoms with van der Waals surface area (Å²) in [5, 5.41) is 15.6. The molecule has 16 nitrogen and oxygen atoms in total. The molecule has 1 fully saturated rings. The number of rotatable bonds is 27. The first-order valence-electron chi connectivity index (χ1n) is 21.0. The highest BCUT2D eigenvalue weighted by atomic mass is 16.6. The molecule has 0 aromatic heterocycles. The summed E-state index contributed by atoms with van der Waals surface area (Å²) in [6.45, 7) is 15.3. The predicted octanol–water partition coefficient (Wildman–Crippen LogP) is 2.72. The maximum absolute atomic E-state index is 14.4. The standard InChI is InChI=1S/C43H74N6O10/c1-12-29(6)38(48(9)42(53)36(27(2)3)46-41(52)37(28(4)5)47(8)21-22-58-23-24-59-44)34(56-10)26-35(50)49-20-16-19-33(49)39(57-11)30(7)40(51)45-32(43(54)55)25-31-17-14-13-15-18-31/h13-15,17-18,27-30,32-34,36-39H,12,16,19-26,44H2,1-11H3,(H,45,51)(H,46,52)(H,54,55)/t29-,30+,32-,33-,34+,36-,37?,38-,39+/m0/s1. The summed E-state index contributed by atoms with van der Waals surface area (Å²) in [5.41, 5.74) is 0.778. The van der Waals surface area contributed by atoms with Gasteiger partial charge in [0.25, 0.3) is 0 Å². The Morgan fingerprint density at radius 2 is 1.58 bits per heavy atom. The van der Waals surface area contributed by atoms with Crippen LogP contribution in [-0.2, 0) is 49.4 Å². The number of nitrogens with zero attached hydrogens (tertiary/aromatic N) is 3. The Morgan fingerprint density at radius 1 is 0.915 bits per heavy atom. The molecular formula is C43H74N6O10. The van der Waals surface area contributed by atoms with Crippen molar-refractivity contribution in [3.63, 3.8) is 0 Å². The fourth-order valence-corrected chi connectivity index (χ4v) is 8.20. The SMILES string of the molecule is CC[C@H](C)[C@@H]([C@@H](CC(=O)N1CCC[C@H]1[C@H](OC)[C@@H](C)C(=O)N[C@@H](Cc1ccccc1)C(=O)O)OC)N(C)C(=O)[C@@H](NC(=O)C(C(C)C)N(C)CCOCCON)C(C)C. The number of hydrogen-bond donors (Lipinski definition) is 4. The molecule has 0 spiro atoms. The van der Waals surface area contributed by atoms with Gasteiger partial charge in [-0.2, -0.15) is 0 Å². The highest BCUT2D eigenvalue weighted by molar-refractivity contribution is 5.90. The Bertz CT molecular complexity index is 1450. The van der Waals surface area contributed by atoms with Crippen LogP contribution in [0.5, 0.6) is 0 Å². The van der Waals surface area contributed by atoms with E-state index in [0.29, 0.717) is 45.6 Å². The molecule has 0 saturated carbocycles. The van der Waals surface area contributed by atoms with E-state index in [2.05, 4.69) is 15.5 Å². The number of methoxy groups -OCH3 is 2. The molecule has 1 aromatic rings. The van der Waals surface area contributed by atoms with Crippen molar-refractivity contribution in [2.24, 2.45) is 29.6 Å². The Kier molecular flexibility index (Phi) is 22.5. The van der Waals surface area contributed by atoms with Crippen LogP contribution in [0.25, 0.3) is 0 Å². The van der Waals surface area contributed by atoms with E-state index in [1.165, 1.54) is 14.2 Å². The van der Waals surface area contributed by atoms with Crippen molar-refractivity contribution in [1.29, 1.82) is 0 Å². The third-order valence-corrected chi connectivity index (χ3v) is 11.7. The second-order valence-corrected chi connectivity index (χ2v) is 16.6. The number of likely N-dealkylation sites (N-methyl/N-ethyl adjacent to an activating group) is 2. The van der Waals surface area contributed by atoms with Gasteiger partial charge in [-0.15, -0.1) is 0 Å². The van der Waals surface area contributed by atoms with Crippen LogP contribution >= 0.6 is 0 Å². The van der Waals surface area contributed by atoms with Gasteiger partial charge in [0.2, 0.25) is 23.6 Å². The minimum absolute atomic E-state index is 0.0345. The number of benzene rings is 1. The van der Waals surface area contributed by atoms with Crippen LogP contribution < -0.4 is 16.5 Å². The molecule has 1 aliphatic rings. The Morgan fingerprint density at radius 3 is 2.12 bits per heavy atom. The number of nitrogens with two attached hydrogens (primary N) is 1. The zero-order valence-corrected chi connectivity index (χ0v) is 37.3. The van der Waals surface area contributed by atoms with Gasteiger partial charge in [-0.3, -0.25) is 24.1 Å². The van der Waals surface area contributed by atoms with E-state index in [0.717, 1.165) is 5.56 Å². The van der Waals surface area contributed by atoms with Gasteiger partial charge in [0.05, 0.1) is 62.5 Å². The van der Waals surface area contributed by atoms with Crippen molar-refractivity contribution in [2.45, 2.75) is 123 Å². The smallest absolute Gasteiger partial charge is 0.326 e. The summed E-state index contributed by atoms with van der Waals surface area (Å²) >= 11 is 0. The molecule has 1 aliphatic heterocycles. The van der Waals surface area contributed by atoms with Gasteiger partial charge in [0.1, 0.15) is 12.1 Å². The number of carboxylic acid groups (broad SMARTS) is 1. The van der Waals surface area contributed by atoms with Gasteiger partial charge in [-0.25, -0.2) is 10.7 Å². The number of carbonyl (C=O) groups is 5. The molecule has 1 saturated heterocycles. The average molecular weight is 835 g/mol. The Balaban J connectivity index is 2.25. The minimum Gasteiger partial charge on any atom is -0.480 e. The fraction of sp³-hybridized carbons (Fsp3) is 0.744. The highest BCUT2D eigenvalue weighted by Gasteiger charge is 2.43. The first-order chi connectivity index (χ1) is 27.9. The number of ether oxygens (including phenoxy) is 3. The maximum atomic E-state index is 14.4. The number of carbonyl (C=O) groups excluding carboxylic acids is 4. The molecule has 336 valence electrons. The van der Waals surface area contributed by atoms with E-state index in [1.807, 2.05) is 83.8 Å². The van der Waals surface area contributed by atoms with E-state index in [1.54, 1.807) is 23.8 Å². The summed E-state index contributed by atoms with van der Waals surface area (Å²) in [6.07, 6.45) is 0.680. The maximum Gasteiger partial charge on any atom is 0.326 e. The summed E-state index contributed by atoms with van der Waals surface area (Å²) in [5.74, 6) is 1.55. The molecule has 16 heteroatoms. The zero-order valence-electron chi connectivity index (χ0n) is 37.3. The van der Waals surface area contributed by atoms with Crippen LogP contribution in [-0.4, -0.2) is 153 Å². The number of likely N-dealkylation sites (tertiary alicyclic amines) is 1. The monoisotopic (exact) mass is 835 g/mol.